The minimum absolute atomic E-state index is 0.536. The highest BCUT2D eigenvalue weighted by atomic mass is 16.5. The number of ether oxygens (including phenoxy) is 2. The van der Waals surface area contributed by atoms with Gasteiger partial charge in [-0.1, -0.05) is 20.3 Å². The lowest BCUT2D eigenvalue weighted by Crippen LogP contribution is -2.45. The van der Waals surface area contributed by atoms with Gasteiger partial charge in [-0.2, -0.15) is 0 Å². The molecule has 0 saturated carbocycles. The van der Waals surface area contributed by atoms with E-state index in [0.717, 1.165) is 32.8 Å². The summed E-state index contributed by atoms with van der Waals surface area (Å²) >= 11 is 0. The van der Waals surface area contributed by atoms with Gasteiger partial charge in [-0.3, -0.25) is 4.90 Å². The topological polar surface area (TPSA) is 33.7 Å². The molecule has 0 aromatic heterocycles. The Morgan fingerprint density at radius 1 is 1.12 bits per heavy atom. The Morgan fingerprint density at radius 2 is 1.65 bits per heavy atom. The van der Waals surface area contributed by atoms with Crippen molar-refractivity contribution in [2.24, 2.45) is 5.92 Å². The molecule has 4 nitrogen and oxygen atoms in total. The first-order chi connectivity index (χ1) is 8.19. The van der Waals surface area contributed by atoms with Crippen molar-refractivity contribution in [1.29, 1.82) is 0 Å². The fraction of sp³-hybridized carbons (Fsp3) is 1.00. The zero-order valence-corrected chi connectivity index (χ0v) is 12.2. The zero-order chi connectivity index (χ0) is 13.1. The first-order valence-electron chi connectivity index (χ1n) is 6.57. The van der Waals surface area contributed by atoms with Gasteiger partial charge in [-0.15, -0.1) is 0 Å². The van der Waals surface area contributed by atoms with Gasteiger partial charge in [0, 0.05) is 39.9 Å². The summed E-state index contributed by atoms with van der Waals surface area (Å²) in [5, 5.41) is 3.41. The first kappa shape index (κ1) is 16.8. The third kappa shape index (κ3) is 7.71. The number of nitrogens with zero attached hydrogens (tertiary/aromatic N) is 1. The lowest BCUT2D eigenvalue weighted by atomic mass is 9.99. The predicted molar refractivity (Wildman–Crippen MR) is 72.5 cm³/mol. The quantitative estimate of drug-likeness (QED) is 0.594. The average molecular weight is 246 g/mol. The fourth-order valence-electron chi connectivity index (χ4n) is 1.85. The summed E-state index contributed by atoms with van der Waals surface area (Å²) in [5.74, 6) is 0.688. The third-order valence-corrected chi connectivity index (χ3v) is 3.38. The molecule has 104 valence electrons. The molecule has 2 atom stereocenters. The lowest BCUT2D eigenvalue weighted by molar-refractivity contribution is 0.103. The highest BCUT2D eigenvalue weighted by Gasteiger charge is 2.17. The molecular formula is C13H30N2O2. The van der Waals surface area contributed by atoms with E-state index in [0.29, 0.717) is 12.0 Å². The van der Waals surface area contributed by atoms with Crippen LogP contribution < -0.4 is 5.32 Å². The monoisotopic (exact) mass is 246 g/mol. The number of methoxy groups -OCH3 is 2. The zero-order valence-electron chi connectivity index (χ0n) is 12.2. The molecule has 0 saturated heterocycles. The van der Waals surface area contributed by atoms with Crippen molar-refractivity contribution in [3.63, 3.8) is 0 Å². The Morgan fingerprint density at radius 3 is 2.00 bits per heavy atom. The van der Waals surface area contributed by atoms with Crippen molar-refractivity contribution in [1.82, 2.24) is 10.2 Å². The number of likely N-dealkylation sites (N-methyl/N-ethyl adjacent to an activating group) is 1. The van der Waals surface area contributed by atoms with Crippen LogP contribution >= 0.6 is 0 Å². The Kier molecular flexibility index (Phi) is 10.9. The van der Waals surface area contributed by atoms with E-state index >= 15 is 0 Å². The van der Waals surface area contributed by atoms with E-state index in [1.54, 1.807) is 14.2 Å². The van der Waals surface area contributed by atoms with Crippen LogP contribution in [0.2, 0.25) is 0 Å². The van der Waals surface area contributed by atoms with E-state index in [1.165, 1.54) is 6.42 Å². The fourth-order valence-corrected chi connectivity index (χ4v) is 1.85. The summed E-state index contributed by atoms with van der Waals surface area (Å²) < 4.78 is 10.3. The summed E-state index contributed by atoms with van der Waals surface area (Å²) in [6, 6.07) is 0.536. The number of nitrogens with one attached hydrogen (secondary N) is 1. The molecule has 0 aliphatic carbocycles. The molecule has 17 heavy (non-hydrogen) atoms. The van der Waals surface area contributed by atoms with Gasteiger partial charge in [0.2, 0.25) is 0 Å². The second-order valence-corrected chi connectivity index (χ2v) is 4.57. The van der Waals surface area contributed by atoms with Crippen LogP contribution in [0.4, 0.5) is 0 Å². The molecule has 0 bridgehead atoms. The SMILES string of the molecule is CCC(C)C(CN(CCOC)CCOC)NC. The van der Waals surface area contributed by atoms with E-state index in [2.05, 4.69) is 24.1 Å². The van der Waals surface area contributed by atoms with Crippen molar-refractivity contribution in [3.05, 3.63) is 0 Å². The largest absolute Gasteiger partial charge is 0.383 e. The summed E-state index contributed by atoms with van der Waals surface area (Å²) in [5.41, 5.74) is 0. The standard InChI is InChI=1S/C13H30N2O2/c1-6-12(2)13(14-3)11-15(7-9-16-4)8-10-17-5/h12-14H,6-11H2,1-5H3. The minimum atomic E-state index is 0.536. The van der Waals surface area contributed by atoms with Gasteiger partial charge >= 0.3 is 0 Å². The smallest absolute Gasteiger partial charge is 0.0589 e. The van der Waals surface area contributed by atoms with Gasteiger partial charge in [0.1, 0.15) is 0 Å². The van der Waals surface area contributed by atoms with E-state index in [1.807, 2.05) is 7.05 Å². The molecule has 0 aromatic carbocycles. The summed E-state index contributed by atoms with van der Waals surface area (Å²) in [7, 11) is 5.54. The van der Waals surface area contributed by atoms with Crippen LogP contribution in [0.15, 0.2) is 0 Å². The van der Waals surface area contributed by atoms with Crippen LogP contribution in [-0.2, 0) is 9.47 Å². The Labute approximate surface area is 107 Å². The molecular weight excluding hydrogens is 216 g/mol. The van der Waals surface area contributed by atoms with Crippen molar-refractivity contribution >= 4 is 0 Å². The Bertz CT molecular complexity index is 159. The molecule has 0 fully saturated rings. The van der Waals surface area contributed by atoms with E-state index in [4.69, 9.17) is 9.47 Å². The highest BCUT2D eigenvalue weighted by molar-refractivity contribution is 4.75. The maximum atomic E-state index is 5.15. The average Bonchev–Trinajstić information content (AvgIpc) is 2.37. The number of hydrogen-bond acceptors (Lipinski definition) is 4. The van der Waals surface area contributed by atoms with Gasteiger partial charge in [0.25, 0.3) is 0 Å². The molecule has 0 amide bonds. The second-order valence-electron chi connectivity index (χ2n) is 4.57. The molecule has 4 heteroatoms. The van der Waals surface area contributed by atoms with Gasteiger partial charge < -0.3 is 14.8 Å². The molecule has 0 heterocycles. The Balaban J connectivity index is 4.15. The van der Waals surface area contributed by atoms with Crippen molar-refractivity contribution in [2.45, 2.75) is 26.3 Å². The number of hydrogen-bond donors (Lipinski definition) is 1. The molecule has 0 radical (unpaired) electrons. The lowest BCUT2D eigenvalue weighted by Gasteiger charge is -2.30. The van der Waals surface area contributed by atoms with Crippen LogP contribution in [-0.4, -0.2) is 65.1 Å². The molecule has 0 spiro atoms. The normalized spacial score (nSPS) is 15.2. The van der Waals surface area contributed by atoms with Crippen LogP contribution in [0.1, 0.15) is 20.3 Å². The molecule has 0 aromatic rings. The maximum Gasteiger partial charge on any atom is 0.0589 e. The maximum absolute atomic E-state index is 5.15. The molecule has 0 rings (SSSR count). The highest BCUT2D eigenvalue weighted by Crippen LogP contribution is 2.09. The second kappa shape index (κ2) is 11.0. The third-order valence-electron chi connectivity index (χ3n) is 3.38. The summed E-state index contributed by atoms with van der Waals surface area (Å²) in [6.45, 7) is 9.08. The number of rotatable bonds is 11. The van der Waals surface area contributed by atoms with E-state index in [9.17, 15) is 0 Å². The predicted octanol–water partition coefficient (Wildman–Crippen LogP) is 1.22. The van der Waals surface area contributed by atoms with Gasteiger partial charge in [-0.25, -0.2) is 0 Å². The molecule has 2 unspecified atom stereocenters. The van der Waals surface area contributed by atoms with Gasteiger partial charge in [0.15, 0.2) is 0 Å². The molecule has 1 N–H and O–H groups in total. The van der Waals surface area contributed by atoms with Gasteiger partial charge in [-0.05, 0) is 13.0 Å². The van der Waals surface area contributed by atoms with Crippen LogP contribution in [0.25, 0.3) is 0 Å². The molecule has 0 aliphatic rings. The van der Waals surface area contributed by atoms with Crippen molar-refractivity contribution in [3.8, 4) is 0 Å². The van der Waals surface area contributed by atoms with Gasteiger partial charge in [0.05, 0.1) is 13.2 Å². The van der Waals surface area contributed by atoms with Crippen molar-refractivity contribution < 1.29 is 9.47 Å². The van der Waals surface area contributed by atoms with E-state index < -0.39 is 0 Å². The van der Waals surface area contributed by atoms with E-state index in [-0.39, 0.29) is 0 Å². The molecule has 0 aliphatic heterocycles. The van der Waals surface area contributed by atoms with Crippen LogP contribution in [0.5, 0.6) is 0 Å². The summed E-state index contributed by atoms with van der Waals surface area (Å²) in [6.07, 6.45) is 1.20. The van der Waals surface area contributed by atoms with Crippen LogP contribution in [0, 0.1) is 5.92 Å². The minimum Gasteiger partial charge on any atom is -0.383 e. The van der Waals surface area contributed by atoms with Crippen LogP contribution in [0.3, 0.4) is 0 Å². The van der Waals surface area contributed by atoms with Crippen molar-refractivity contribution in [2.75, 3.05) is 54.1 Å². The first-order valence-corrected chi connectivity index (χ1v) is 6.57. The summed E-state index contributed by atoms with van der Waals surface area (Å²) in [4.78, 5) is 2.40. The Hall–Kier alpha value is -0.160.